The first kappa shape index (κ1) is 18.8. The van der Waals surface area contributed by atoms with Gasteiger partial charge in [0.25, 0.3) is 0 Å². The number of rotatable bonds is 3. The SMILES string of the molecule is [C-]#[N+]c1ccc(Cn2c(N3CC[C@@H](F)[C@H](N)C3)nc3c(C#N)cc(F)cc32)nc1. The van der Waals surface area contributed by atoms with Crippen LogP contribution >= 0.6 is 0 Å². The van der Waals surface area contributed by atoms with Gasteiger partial charge in [-0.05, 0) is 24.6 Å². The fourth-order valence-corrected chi connectivity index (χ4v) is 3.53. The summed E-state index contributed by atoms with van der Waals surface area (Å²) in [4.78, 5) is 14.0. The van der Waals surface area contributed by atoms with E-state index in [9.17, 15) is 14.0 Å². The summed E-state index contributed by atoms with van der Waals surface area (Å²) in [5.74, 6) is -0.0577. The van der Waals surface area contributed by atoms with Gasteiger partial charge in [0.2, 0.25) is 11.6 Å². The molecule has 2 atom stereocenters. The predicted octanol–water partition coefficient (Wildman–Crippen LogP) is 2.92. The molecule has 2 N–H and O–H groups in total. The molecule has 146 valence electrons. The molecule has 1 aliphatic heterocycles. The summed E-state index contributed by atoms with van der Waals surface area (Å²) in [6.07, 6.45) is 0.647. The first-order chi connectivity index (χ1) is 14.0. The fourth-order valence-electron chi connectivity index (χ4n) is 3.53. The molecule has 3 aromatic rings. The molecule has 2 aromatic heterocycles. The Labute approximate surface area is 165 Å². The average molecular weight is 393 g/mol. The van der Waals surface area contributed by atoms with E-state index in [-0.39, 0.29) is 25.1 Å². The van der Waals surface area contributed by atoms with Crippen LogP contribution in [0.25, 0.3) is 15.9 Å². The van der Waals surface area contributed by atoms with Crippen LogP contribution in [0.15, 0.2) is 30.5 Å². The molecule has 1 aromatic carbocycles. The monoisotopic (exact) mass is 393 g/mol. The Morgan fingerprint density at radius 3 is 2.86 bits per heavy atom. The Morgan fingerprint density at radius 2 is 2.21 bits per heavy atom. The van der Waals surface area contributed by atoms with Crippen LogP contribution in [-0.4, -0.2) is 39.8 Å². The van der Waals surface area contributed by atoms with Gasteiger partial charge >= 0.3 is 0 Å². The van der Waals surface area contributed by atoms with Crippen molar-refractivity contribution in [2.75, 3.05) is 18.0 Å². The largest absolute Gasteiger partial charge is 0.340 e. The quantitative estimate of drug-likeness (QED) is 0.692. The summed E-state index contributed by atoms with van der Waals surface area (Å²) in [6, 6.07) is 7.16. The third-order valence-corrected chi connectivity index (χ3v) is 5.03. The van der Waals surface area contributed by atoms with E-state index in [1.165, 1.54) is 12.3 Å². The van der Waals surface area contributed by atoms with Crippen molar-refractivity contribution in [3.05, 3.63) is 59.0 Å². The lowest BCUT2D eigenvalue weighted by molar-refractivity contribution is 0.243. The third kappa shape index (κ3) is 3.48. The molecule has 7 nitrogen and oxygen atoms in total. The summed E-state index contributed by atoms with van der Waals surface area (Å²) >= 11 is 0. The van der Waals surface area contributed by atoms with Crippen molar-refractivity contribution >= 4 is 22.7 Å². The number of halogens is 2. The molecule has 1 aliphatic rings. The molecule has 0 bridgehead atoms. The average Bonchev–Trinajstić information content (AvgIpc) is 3.08. The molecular formula is C20H17F2N7. The van der Waals surface area contributed by atoms with Gasteiger partial charge in [0.15, 0.2) is 0 Å². The Bertz CT molecular complexity index is 1140. The second kappa shape index (κ2) is 7.46. The number of nitriles is 1. The van der Waals surface area contributed by atoms with Gasteiger partial charge in [-0.2, -0.15) is 5.26 Å². The van der Waals surface area contributed by atoms with E-state index in [1.54, 1.807) is 16.7 Å². The molecule has 1 saturated heterocycles. The van der Waals surface area contributed by atoms with Crippen LogP contribution in [0.3, 0.4) is 0 Å². The van der Waals surface area contributed by atoms with E-state index in [0.29, 0.717) is 34.9 Å². The number of pyridine rings is 1. The minimum atomic E-state index is -1.08. The zero-order valence-corrected chi connectivity index (χ0v) is 15.4. The molecule has 4 rings (SSSR count). The summed E-state index contributed by atoms with van der Waals surface area (Å²) in [6.45, 7) is 7.96. The number of aromatic nitrogens is 3. The number of alkyl halides is 1. The smallest absolute Gasteiger partial charge is 0.207 e. The lowest BCUT2D eigenvalue weighted by Crippen LogP contribution is -2.50. The van der Waals surface area contributed by atoms with Crippen molar-refractivity contribution in [2.24, 2.45) is 5.73 Å². The summed E-state index contributed by atoms with van der Waals surface area (Å²) in [5.41, 5.74) is 7.91. The van der Waals surface area contributed by atoms with Crippen LogP contribution in [0, 0.1) is 23.7 Å². The Morgan fingerprint density at radius 1 is 1.38 bits per heavy atom. The number of benzene rings is 1. The molecule has 0 unspecified atom stereocenters. The number of hydrogen-bond donors (Lipinski definition) is 1. The van der Waals surface area contributed by atoms with Gasteiger partial charge in [0, 0.05) is 19.3 Å². The molecule has 0 saturated carbocycles. The molecule has 0 radical (unpaired) electrons. The standard InChI is InChI=1S/C20H17F2N7/c1-25-14-2-3-15(26-9-14)10-29-18-7-13(21)6-12(8-23)19(18)27-20(29)28-5-4-16(22)17(24)11-28/h2-3,6-7,9,16-17H,4-5,10-11,24H2/t16-,17-/m1/s1. The van der Waals surface area contributed by atoms with Gasteiger partial charge in [-0.1, -0.05) is 6.07 Å². The maximum absolute atomic E-state index is 14.1. The summed E-state index contributed by atoms with van der Waals surface area (Å²) in [7, 11) is 0. The maximum atomic E-state index is 14.1. The number of nitrogens with zero attached hydrogens (tertiary/aromatic N) is 6. The predicted molar refractivity (Wildman–Crippen MR) is 104 cm³/mol. The minimum absolute atomic E-state index is 0.126. The van der Waals surface area contributed by atoms with Crippen LogP contribution in [0.4, 0.5) is 20.4 Å². The van der Waals surface area contributed by atoms with Crippen molar-refractivity contribution in [1.82, 2.24) is 14.5 Å². The first-order valence-electron chi connectivity index (χ1n) is 9.07. The number of hydrogen-bond acceptors (Lipinski definition) is 5. The highest BCUT2D eigenvalue weighted by atomic mass is 19.1. The minimum Gasteiger partial charge on any atom is -0.340 e. The highest BCUT2D eigenvalue weighted by Crippen LogP contribution is 2.29. The molecule has 0 amide bonds. The highest BCUT2D eigenvalue weighted by molar-refractivity contribution is 5.84. The van der Waals surface area contributed by atoms with Crippen molar-refractivity contribution < 1.29 is 8.78 Å². The Balaban J connectivity index is 1.84. The molecule has 9 heteroatoms. The normalized spacial score (nSPS) is 19.1. The van der Waals surface area contributed by atoms with Crippen molar-refractivity contribution in [1.29, 1.82) is 5.26 Å². The first-order valence-corrected chi connectivity index (χ1v) is 9.07. The fraction of sp³-hybridized carbons (Fsp3) is 0.300. The van der Waals surface area contributed by atoms with Gasteiger partial charge in [-0.25, -0.2) is 18.6 Å². The van der Waals surface area contributed by atoms with Gasteiger partial charge in [0.05, 0.1) is 35.9 Å². The maximum Gasteiger partial charge on any atom is 0.207 e. The van der Waals surface area contributed by atoms with E-state index < -0.39 is 18.0 Å². The van der Waals surface area contributed by atoms with Crippen LogP contribution in [0.1, 0.15) is 17.7 Å². The van der Waals surface area contributed by atoms with E-state index in [4.69, 9.17) is 12.3 Å². The number of piperidine rings is 1. The lowest BCUT2D eigenvalue weighted by Gasteiger charge is -2.34. The van der Waals surface area contributed by atoms with Crippen LogP contribution < -0.4 is 10.6 Å². The van der Waals surface area contributed by atoms with Crippen LogP contribution in [0.2, 0.25) is 0 Å². The number of nitrogens with two attached hydrogens (primary N) is 1. The topological polar surface area (TPSA) is 88.1 Å². The summed E-state index contributed by atoms with van der Waals surface area (Å²) < 4.78 is 29.8. The van der Waals surface area contributed by atoms with Gasteiger partial charge in [-0.15, -0.1) is 0 Å². The zero-order valence-electron chi connectivity index (χ0n) is 15.4. The van der Waals surface area contributed by atoms with E-state index in [0.717, 1.165) is 6.07 Å². The Hall–Kier alpha value is -3.56. The van der Waals surface area contributed by atoms with Crippen molar-refractivity contribution in [2.45, 2.75) is 25.2 Å². The number of imidazole rings is 1. The molecule has 29 heavy (non-hydrogen) atoms. The van der Waals surface area contributed by atoms with E-state index in [1.807, 2.05) is 11.0 Å². The molecule has 0 spiro atoms. The van der Waals surface area contributed by atoms with E-state index >= 15 is 0 Å². The third-order valence-electron chi connectivity index (χ3n) is 5.03. The Kier molecular flexibility index (Phi) is 4.83. The highest BCUT2D eigenvalue weighted by Gasteiger charge is 2.29. The van der Waals surface area contributed by atoms with Gasteiger partial charge < -0.3 is 15.2 Å². The summed E-state index contributed by atoms with van der Waals surface area (Å²) in [5, 5.41) is 9.41. The van der Waals surface area contributed by atoms with Crippen LogP contribution in [-0.2, 0) is 6.54 Å². The van der Waals surface area contributed by atoms with Crippen molar-refractivity contribution in [3.63, 3.8) is 0 Å². The van der Waals surface area contributed by atoms with Gasteiger partial charge in [0.1, 0.15) is 23.6 Å². The second-order valence-electron chi connectivity index (χ2n) is 6.96. The lowest BCUT2D eigenvalue weighted by atomic mass is 10.1. The van der Waals surface area contributed by atoms with Crippen LogP contribution in [0.5, 0.6) is 0 Å². The van der Waals surface area contributed by atoms with Crippen molar-refractivity contribution in [3.8, 4) is 6.07 Å². The zero-order chi connectivity index (χ0) is 20.5. The molecule has 0 aliphatic carbocycles. The van der Waals surface area contributed by atoms with Gasteiger partial charge in [-0.3, -0.25) is 4.98 Å². The number of anilines is 1. The second-order valence-corrected chi connectivity index (χ2v) is 6.96. The van der Waals surface area contributed by atoms with E-state index in [2.05, 4.69) is 14.8 Å². The molecular weight excluding hydrogens is 376 g/mol. The molecule has 3 heterocycles. The number of fused-ring (bicyclic) bond motifs is 1. The molecule has 1 fully saturated rings.